The summed E-state index contributed by atoms with van der Waals surface area (Å²) in [5, 5.41) is 6.21. The number of rotatable bonds is 8. The predicted molar refractivity (Wildman–Crippen MR) is 105 cm³/mol. The van der Waals surface area contributed by atoms with E-state index in [4.69, 9.17) is 4.74 Å². The minimum Gasteiger partial charge on any atom is -0.495 e. The van der Waals surface area contributed by atoms with Crippen molar-refractivity contribution in [2.24, 2.45) is 0 Å². The molecule has 0 radical (unpaired) electrons. The molecule has 1 aliphatic rings. The number of anilines is 2. The molecule has 1 atom stereocenters. The van der Waals surface area contributed by atoms with Gasteiger partial charge in [0.2, 0.25) is 15.9 Å². The first-order chi connectivity index (χ1) is 12.9. The molecule has 0 bridgehead atoms. The molecule has 3 N–H and O–H groups in total. The van der Waals surface area contributed by atoms with Crippen molar-refractivity contribution in [3.63, 3.8) is 0 Å². The van der Waals surface area contributed by atoms with Crippen molar-refractivity contribution in [1.82, 2.24) is 5.32 Å². The summed E-state index contributed by atoms with van der Waals surface area (Å²) in [6.45, 7) is 0. The molecule has 2 aromatic rings. The van der Waals surface area contributed by atoms with Crippen molar-refractivity contribution in [1.29, 1.82) is 0 Å². The largest absolute Gasteiger partial charge is 0.495 e. The molecule has 7 nitrogen and oxygen atoms in total. The average molecular weight is 389 g/mol. The van der Waals surface area contributed by atoms with E-state index in [0.29, 0.717) is 17.1 Å². The highest BCUT2D eigenvalue weighted by molar-refractivity contribution is 7.92. The monoisotopic (exact) mass is 389 g/mol. The van der Waals surface area contributed by atoms with Crippen LogP contribution in [0.25, 0.3) is 0 Å². The molecule has 0 aliphatic heterocycles. The molecule has 144 valence electrons. The van der Waals surface area contributed by atoms with Gasteiger partial charge in [-0.2, -0.15) is 0 Å². The first kappa shape index (κ1) is 19.0. The third-order valence-electron chi connectivity index (χ3n) is 4.12. The summed E-state index contributed by atoms with van der Waals surface area (Å²) < 4.78 is 30.9. The van der Waals surface area contributed by atoms with Crippen LogP contribution in [0, 0.1) is 0 Å². The molecule has 1 saturated carbocycles. The molecular formula is C19H23N3O4S. The van der Waals surface area contributed by atoms with Gasteiger partial charge in [0.25, 0.3) is 0 Å². The molecule has 1 unspecified atom stereocenters. The molecule has 1 amide bonds. The summed E-state index contributed by atoms with van der Waals surface area (Å²) in [4.78, 5) is 12.7. The van der Waals surface area contributed by atoms with Crippen LogP contribution in [-0.2, 0) is 14.8 Å². The lowest BCUT2D eigenvalue weighted by Crippen LogP contribution is -2.34. The van der Waals surface area contributed by atoms with Gasteiger partial charge in [-0.05, 0) is 36.6 Å². The molecule has 0 aromatic heterocycles. The second-order valence-electron chi connectivity index (χ2n) is 6.56. The lowest BCUT2D eigenvalue weighted by Gasteiger charge is -2.21. The summed E-state index contributed by atoms with van der Waals surface area (Å²) in [6.07, 6.45) is 3.07. The fourth-order valence-corrected chi connectivity index (χ4v) is 3.26. The van der Waals surface area contributed by atoms with Gasteiger partial charge in [0.1, 0.15) is 11.8 Å². The molecule has 0 saturated heterocycles. The van der Waals surface area contributed by atoms with Crippen LogP contribution < -0.4 is 20.1 Å². The topological polar surface area (TPSA) is 96.5 Å². The number of nitrogens with one attached hydrogen (secondary N) is 3. The van der Waals surface area contributed by atoms with E-state index >= 15 is 0 Å². The Kier molecular flexibility index (Phi) is 5.55. The van der Waals surface area contributed by atoms with E-state index < -0.39 is 16.1 Å². The Morgan fingerprint density at radius 1 is 1.15 bits per heavy atom. The molecule has 0 heterocycles. The van der Waals surface area contributed by atoms with Gasteiger partial charge in [-0.1, -0.05) is 30.3 Å². The minimum absolute atomic E-state index is 0.114. The van der Waals surface area contributed by atoms with E-state index in [1.807, 2.05) is 30.3 Å². The van der Waals surface area contributed by atoms with E-state index in [1.54, 1.807) is 18.2 Å². The predicted octanol–water partition coefficient (Wildman–Crippen LogP) is 2.50. The summed E-state index contributed by atoms with van der Waals surface area (Å²) in [7, 11) is -2.00. The number of methoxy groups -OCH3 is 1. The zero-order valence-electron chi connectivity index (χ0n) is 15.2. The number of hydrogen-bond acceptors (Lipinski definition) is 5. The van der Waals surface area contributed by atoms with E-state index in [2.05, 4.69) is 15.4 Å². The fourth-order valence-electron chi connectivity index (χ4n) is 2.70. The Morgan fingerprint density at radius 2 is 1.85 bits per heavy atom. The second kappa shape index (κ2) is 7.87. The number of ether oxygens (including phenoxy) is 1. The van der Waals surface area contributed by atoms with Gasteiger partial charge >= 0.3 is 0 Å². The van der Waals surface area contributed by atoms with Gasteiger partial charge in [-0.25, -0.2) is 8.42 Å². The second-order valence-corrected chi connectivity index (χ2v) is 8.31. The van der Waals surface area contributed by atoms with Crippen LogP contribution in [0.2, 0.25) is 0 Å². The van der Waals surface area contributed by atoms with Crippen molar-refractivity contribution in [2.45, 2.75) is 24.9 Å². The summed E-state index contributed by atoms with van der Waals surface area (Å²) in [5.41, 5.74) is 1.73. The highest BCUT2D eigenvalue weighted by Gasteiger charge is 2.28. The van der Waals surface area contributed by atoms with Crippen LogP contribution in [0.4, 0.5) is 11.4 Å². The Morgan fingerprint density at radius 3 is 2.44 bits per heavy atom. The van der Waals surface area contributed by atoms with Crippen molar-refractivity contribution >= 4 is 27.3 Å². The lowest BCUT2D eigenvalue weighted by atomic mass is 10.1. The van der Waals surface area contributed by atoms with Crippen molar-refractivity contribution in [3.8, 4) is 5.75 Å². The van der Waals surface area contributed by atoms with Crippen LogP contribution in [-0.4, -0.2) is 33.7 Å². The first-order valence-corrected chi connectivity index (χ1v) is 10.5. The highest BCUT2D eigenvalue weighted by Crippen LogP contribution is 2.31. The zero-order valence-corrected chi connectivity index (χ0v) is 16.0. The normalized spacial score (nSPS) is 14.9. The van der Waals surface area contributed by atoms with E-state index in [9.17, 15) is 13.2 Å². The number of hydrogen-bond donors (Lipinski definition) is 3. The Labute approximate surface area is 159 Å². The van der Waals surface area contributed by atoms with Gasteiger partial charge in [0.05, 0.1) is 19.1 Å². The number of benzene rings is 2. The molecule has 8 heteroatoms. The molecular weight excluding hydrogens is 366 g/mol. The standard InChI is InChI=1S/C19H23N3O4S/c1-26-17-11-10-15(12-16(17)22-27(2,24)25)20-18(13-6-4-3-5-7-13)19(23)21-14-8-9-14/h3-7,10-12,14,18,20,22H,8-9H2,1-2H3,(H,21,23). The van der Waals surface area contributed by atoms with E-state index in [-0.39, 0.29) is 11.9 Å². The van der Waals surface area contributed by atoms with Crippen molar-refractivity contribution in [2.75, 3.05) is 23.4 Å². The van der Waals surface area contributed by atoms with E-state index in [0.717, 1.165) is 24.7 Å². The summed E-state index contributed by atoms with van der Waals surface area (Å²) >= 11 is 0. The molecule has 1 fully saturated rings. The SMILES string of the molecule is COc1ccc(NC(C(=O)NC2CC2)c2ccccc2)cc1NS(C)(=O)=O. The van der Waals surface area contributed by atoms with Gasteiger partial charge in [-0.3, -0.25) is 9.52 Å². The maximum absolute atomic E-state index is 12.7. The molecule has 0 spiro atoms. The van der Waals surface area contributed by atoms with Gasteiger partial charge < -0.3 is 15.4 Å². The third kappa shape index (κ3) is 5.37. The van der Waals surface area contributed by atoms with Gasteiger partial charge in [0.15, 0.2) is 0 Å². The maximum Gasteiger partial charge on any atom is 0.247 e. The van der Waals surface area contributed by atoms with Crippen molar-refractivity contribution < 1.29 is 17.9 Å². The van der Waals surface area contributed by atoms with Crippen LogP contribution in [0.1, 0.15) is 24.4 Å². The highest BCUT2D eigenvalue weighted by atomic mass is 32.2. The van der Waals surface area contributed by atoms with Crippen LogP contribution in [0.15, 0.2) is 48.5 Å². The van der Waals surface area contributed by atoms with Gasteiger partial charge in [0, 0.05) is 11.7 Å². The van der Waals surface area contributed by atoms with Crippen LogP contribution in [0.5, 0.6) is 5.75 Å². The number of carbonyl (C=O) groups excluding carboxylic acids is 1. The summed E-state index contributed by atoms with van der Waals surface area (Å²) in [6, 6.07) is 14.0. The lowest BCUT2D eigenvalue weighted by molar-refractivity contribution is -0.122. The number of sulfonamides is 1. The maximum atomic E-state index is 12.7. The van der Waals surface area contributed by atoms with Crippen LogP contribution >= 0.6 is 0 Å². The Hall–Kier alpha value is -2.74. The Bertz CT molecular complexity index is 912. The third-order valence-corrected chi connectivity index (χ3v) is 4.72. The first-order valence-electron chi connectivity index (χ1n) is 8.63. The van der Waals surface area contributed by atoms with Gasteiger partial charge in [-0.15, -0.1) is 0 Å². The molecule has 3 rings (SSSR count). The zero-order chi connectivity index (χ0) is 19.4. The smallest absolute Gasteiger partial charge is 0.247 e. The fraction of sp³-hybridized carbons (Fsp3) is 0.316. The van der Waals surface area contributed by atoms with Crippen molar-refractivity contribution in [3.05, 3.63) is 54.1 Å². The molecule has 2 aromatic carbocycles. The number of carbonyl (C=O) groups is 1. The molecule has 1 aliphatic carbocycles. The Balaban J connectivity index is 1.88. The average Bonchev–Trinajstić information content (AvgIpc) is 3.43. The van der Waals surface area contributed by atoms with Crippen LogP contribution in [0.3, 0.4) is 0 Å². The van der Waals surface area contributed by atoms with E-state index in [1.165, 1.54) is 7.11 Å². The summed E-state index contributed by atoms with van der Waals surface area (Å²) in [5.74, 6) is 0.279. The molecule has 27 heavy (non-hydrogen) atoms. The minimum atomic E-state index is -3.47. The quantitative estimate of drug-likeness (QED) is 0.645. The number of amides is 1.